The van der Waals surface area contributed by atoms with Crippen LogP contribution in [-0.4, -0.2) is 66.5 Å². The van der Waals surface area contributed by atoms with Crippen molar-refractivity contribution >= 4 is 25.7 Å². The summed E-state index contributed by atoms with van der Waals surface area (Å²) in [5, 5.41) is 9.80. The first-order chi connectivity index (χ1) is 36.2. The van der Waals surface area contributed by atoms with E-state index in [9.17, 15) is 28.9 Å². The Morgan fingerprint density at radius 2 is 0.730 bits per heavy atom. The number of allylic oxidation sites excluding steroid dienone is 16. The van der Waals surface area contributed by atoms with Gasteiger partial charge in [-0.25, -0.2) is 4.57 Å². The van der Waals surface area contributed by atoms with E-state index in [4.69, 9.17) is 23.3 Å². The van der Waals surface area contributed by atoms with Gasteiger partial charge in [0.1, 0.15) is 12.7 Å². The van der Waals surface area contributed by atoms with Crippen molar-refractivity contribution in [3.63, 3.8) is 0 Å². The molecule has 424 valence electrons. The van der Waals surface area contributed by atoms with Crippen molar-refractivity contribution in [3.8, 4) is 0 Å². The number of hydrogen-bond donors (Lipinski definition) is 2. The van der Waals surface area contributed by atoms with E-state index in [-0.39, 0.29) is 25.9 Å². The Hall–Kier alpha value is -3.60. The van der Waals surface area contributed by atoms with Crippen LogP contribution in [0.5, 0.6) is 0 Å². The number of hydrogen-bond acceptors (Lipinski definition) is 10. The summed E-state index contributed by atoms with van der Waals surface area (Å²) in [7, 11) is -4.78. The van der Waals surface area contributed by atoms with Gasteiger partial charge in [-0.15, -0.1) is 0 Å². The molecule has 0 aliphatic carbocycles. The third-order valence-corrected chi connectivity index (χ3v) is 13.0. The molecule has 0 aromatic rings. The van der Waals surface area contributed by atoms with Crippen molar-refractivity contribution in [2.75, 3.05) is 26.4 Å². The number of carbonyl (C=O) groups excluding carboxylic acids is 3. The fourth-order valence-electron chi connectivity index (χ4n) is 7.66. The number of phosphoric ester groups is 1. The first-order valence-electron chi connectivity index (χ1n) is 29.1. The zero-order chi connectivity index (χ0) is 54.1. The molecule has 3 atom stereocenters. The van der Waals surface area contributed by atoms with Crippen molar-refractivity contribution in [2.45, 2.75) is 251 Å². The molecular weight excluding hydrogens is 952 g/mol. The fraction of sp³-hybridized carbons (Fsp3) is 0.694. The summed E-state index contributed by atoms with van der Waals surface area (Å²) in [4.78, 5) is 48.5. The van der Waals surface area contributed by atoms with Gasteiger partial charge in [0.15, 0.2) is 6.10 Å². The van der Waals surface area contributed by atoms with Gasteiger partial charge in [-0.05, 0) is 83.5 Å². The second-order valence-corrected chi connectivity index (χ2v) is 20.5. The molecule has 0 saturated heterocycles. The molecule has 0 heterocycles. The van der Waals surface area contributed by atoms with Gasteiger partial charge in [0.05, 0.1) is 19.8 Å². The molecule has 2 N–H and O–H groups in total. The van der Waals surface area contributed by atoms with E-state index in [0.29, 0.717) is 19.3 Å². The minimum Gasteiger partial charge on any atom is -0.462 e. The first kappa shape index (κ1) is 70.4. The van der Waals surface area contributed by atoms with Gasteiger partial charge in [-0.3, -0.25) is 23.4 Å². The first-order valence-corrected chi connectivity index (χ1v) is 30.6. The summed E-state index contributed by atoms with van der Waals surface area (Å²) >= 11 is 0. The maximum atomic E-state index is 12.9. The lowest BCUT2D eigenvalue weighted by atomic mass is 10.0. The smallest absolute Gasteiger partial charge is 0.462 e. The molecule has 11 nitrogen and oxygen atoms in total. The lowest BCUT2D eigenvalue weighted by Gasteiger charge is -2.21. The van der Waals surface area contributed by atoms with E-state index < -0.39 is 57.8 Å². The molecule has 0 bridgehead atoms. The van der Waals surface area contributed by atoms with Crippen LogP contribution in [-0.2, 0) is 42.2 Å². The zero-order valence-electron chi connectivity index (χ0n) is 46.8. The Bertz CT molecular complexity index is 1610. The monoisotopic (exact) mass is 1060 g/mol. The van der Waals surface area contributed by atoms with Crippen LogP contribution in [0.3, 0.4) is 0 Å². The summed E-state index contributed by atoms with van der Waals surface area (Å²) in [6.45, 7) is 4.30. The van der Waals surface area contributed by atoms with Crippen molar-refractivity contribution in [1.82, 2.24) is 0 Å². The normalized spacial score (nSPS) is 14.1. The van der Waals surface area contributed by atoms with Gasteiger partial charge in [0, 0.05) is 19.3 Å². The van der Waals surface area contributed by atoms with Crippen LogP contribution in [0.2, 0.25) is 0 Å². The highest BCUT2D eigenvalue weighted by Crippen LogP contribution is 2.43. The molecule has 0 aromatic carbocycles. The SMILES string of the molecule is CC/C=C\C/C=C\C/C=C\C/C=C\CCCCC(=O)OC(CO)COP(=O)(O)OCC(COC(=O)CC/C=C\C/C=C\C/C=C\C/C=C\CC)OC(=O)CCCCCCCCCCCCCCCCCCCCC. The van der Waals surface area contributed by atoms with Crippen LogP contribution >= 0.6 is 7.82 Å². The molecule has 3 unspecified atom stereocenters. The maximum Gasteiger partial charge on any atom is 0.472 e. The van der Waals surface area contributed by atoms with E-state index >= 15 is 0 Å². The Balaban J connectivity index is 4.79. The predicted octanol–water partition coefficient (Wildman–Crippen LogP) is 17.3. The van der Waals surface area contributed by atoms with Gasteiger partial charge in [0.2, 0.25) is 0 Å². The molecule has 74 heavy (non-hydrogen) atoms. The number of aliphatic hydroxyl groups excluding tert-OH is 1. The third kappa shape index (κ3) is 53.2. The van der Waals surface area contributed by atoms with Gasteiger partial charge in [-0.1, -0.05) is 234 Å². The molecule has 0 aromatic heterocycles. The average Bonchev–Trinajstić information content (AvgIpc) is 3.39. The lowest BCUT2D eigenvalue weighted by molar-refractivity contribution is -0.161. The topological polar surface area (TPSA) is 155 Å². The molecule has 0 rings (SSSR count). The van der Waals surface area contributed by atoms with Crippen molar-refractivity contribution in [2.24, 2.45) is 0 Å². The Morgan fingerprint density at radius 1 is 0.392 bits per heavy atom. The quantitative estimate of drug-likeness (QED) is 0.0197. The Labute approximate surface area is 451 Å². The molecule has 0 amide bonds. The molecule has 0 fully saturated rings. The van der Waals surface area contributed by atoms with Crippen LogP contribution in [0, 0.1) is 0 Å². The number of phosphoric acid groups is 1. The van der Waals surface area contributed by atoms with E-state index in [1.54, 1.807) is 0 Å². The van der Waals surface area contributed by atoms with Crippen LogP contribution in [0.1, 0.15) is 239 Å². The van der Waals surface area contributed by atoms with Crippen LogP contribution in [0.25, 0.3) is 0 Å². The largest absolute Gasteiger partial charge is 0.472 e. The van der Waals surface area contributed by atoms with E-state index in [0.717, 1.165) is 83.5 Å². The van der Waals surface area contributed by atoms with Crippen molar-refractivity contribution < 1.29 is 52.2 Å². The second kappa shape index (κ2) is 55.6. The van der Waals surface area contributed by atoms with Gasteiger partial charge < -0.3 is 24.2 Å². The van der Waals surface area contributed by atoms with Crippen molar-refractivity contribution in [1.29, 1.82) is 0 Å². The summed E-state index contributed by atoms with van der Waals surface area (Å²) < 4.78 is 39.4. The predicted molar refractivity (Wildman–Crippen MR) is 307 cm³/mol. The van der Waals surface area contributed by atoms with Gasteiger partial charge >= 0.3 is 25.7 Å². The lowest BCUT2D eigenvalue weighted by Crippen LogP contribution is -2.30. The molecule has 0 aliphatic rings. The highest BCUT2D eigenvalue weighted by atomic mass is 31.2. The fourth-order valence-corrected chi connectivity index (χ4v) is 8.44. The summed E-state index contributed by atoms with van der Waals surface area (Å²) in [5.74, 6) is -1.61. The Kier molecular flexibility index (Phi) is 52.9. The molecule has 0 radical (unpaired) electrons. The molecule has 0 aliphatic heterocycles. The Morgan fingerprint density at radius 3 is 1.14 bits per heavy atom. The van der Waals surface area contributed by atoms with E-state index in [1.165, 1.54) is 96.3 Å². The molecule has 0 saturated carbocycles. The second-order valence-electron chi connectivity index (χ2n) is 19.0. The minimum absolute atomic E-state index is 0.100. The van der Waals surface area contributed by atoms with E-state index in [1.807, 2.05) is 12.2 Å². The summed E-state index contributed by atoms with van der Waals surface area (Å²) in [6, 6.07) is 0. The van der Waals surface area contributed by atoms with Crippen LogP contribution in [0.15, 0.2) is 97.2 Å². The number of ether oxygens (including phenoxy) is 3. The highest BCUT2D eigenvalue weighted by Gasteiger charge is 2.28. The summed E-state index contributed by atoms with van der Waals surface area (Å²) in [5.41, 5.74) is 0. The third-order valence-electron chi connectivity index (χ3n) is 12.0. The zero-order valence-corrected chi connectivity index (χ0v) is 47.7. The molecule has 0 spiro atoms. The number of rotatable bonds is 53. The number of carbonyl (C=O) groups is 3. The van der Waals surface area contributed by atoms with E-state index in [2.05, 4.69) is 106 Å². The van der Waals surface area contributed by atoms with Gasteiger partial charge in [0.25, 0.3) is 0 Å². The highest BCUT2D eigenvalue weighted by molar-refractivity contribution is 7.47. The molecule has 12 heteroatoms. The molecular formula is C62H105O11P. The minimum atomic E-state index is -4.78. The van der Waals surface area contributed by atoms with Crippen LogP contribution < -0.4 is 0 Å². The summed E-state index contributed by atoms with van der Waals surface area (Å²) in [6.07, 6.45) is 65.4. The average molecular weight is 1060 g/mol. The van der Waals surface area contributed by atoms with Gasteiger partial charge in [-0.2, -0.15) is 0 Å². The standard InChI is InChI=1S/C62H105O11P/c1-4-7-10-13-16-19-22-25-27-28-29-30-32-35-38-41-44-47-50-53-62(66)73-59(55-69-60(64)51-48-45-42-39-36-33-24-21-18-15-12-9-6-3)57-71-74(67,68)70-56-58(54-63)72-61(65)52-49-46-43-40-37-34-31-26-23-20-17-14-11-8-5-2/h8-9,11-12,17-18,20-21,26,31,33,36-37,40,42,45,58-59,63H,4-7,10,13-16,19,22-25,27-30,32,34-35,38-39,41,43-44,46-57H2,1-3H3,(H,67,68)/b11-8-,12-9-,20-17-,21-18-,31-26-,36-33-,40-37-,45-42-. The van der Waals surface area contributed by atoms with Crippen LogP contribution in [0.4, 0.5) is 0 Å². The number of unbranched alkanes of at least 4 members (excludes halogenated alkanes) is 20. The number of aliphatic hydroxyl groups is 1. The maximum absolute atomic E-state index is 12.9. The number of esters is 3. The van der Waals surface area contributed by atoms with Crippen molar-refractivity contribution in [3.05, 3.63) is 97.2 Å².